The summed E-state index contributed by atoms with van der Waals surface area (Å²) < 4.78 is 5.92. The molecule has 0 spiro atoms. The highest BCUT2D eigenvalue weighted by atomic mass is 16.5. The van der Waals surface area contributed by atoms with Gasteiger partial charge in [-0.25, -0.2) is 0 Å². The summed E-state index contributed by atoms with van der Waals surface area (Å²) in [6, 6.07) is 0. The highest BCUT2D eigenvalue weighted by molar-refractivity contribution is 5.69. The van der Waals surface area contributed by atoms with Crippen LogP contribution in [-0.2, 0) is 14.3 Å². The fraction of sp³-hybridized carbons (Fsp3) is 0.943. The van der Waals surface area contributed by atoms with E-state index in [9.17, 15) is 9.59 Å². The molecule has 5 heteroatoms. The van der Waals surface area contributed by atoms with Crippen molar-refractivity contribution in [3.05, 3.63) is 0 Å². The maximum atomic E-state index is 12.3. The lowest BCUT2D eigenvalue weighted by atomic mass is 10.0. The Labute approximate surface area is 248 Å². The average Bonchev–Trinajstić information content (AvgIpc) is 3.66. The van der Waals surface area contributed by atoms with Crippen molar-refractivity contribution in [2.24, 2.45) is 11.8 Å². The molecule has 236 valence electrons. The topological polar surface area (TPSA) is 66.8 Å². The van der Waals surface area contributed by atoms with Gasteiger partial charge in [0, 0.05) is 12.8 Å². The Hall–Kier alpha value is -1.10. The second-order valence-electron chi connectivity index (χ2n) is 13.1. The molecule has 1 aliphatic rings. The van der Waals surface area contributed by atoms with E-state index in [1.165, 1.54) is 122 Å². The molecule has 0 aromatic carbocycles. The van der Waals surface area contributed by atoms with Crippen molar-refractivity contribution >= 4 is 11.9 Å². The molecule has 5 nitrogen and oxygen atoms in total. The first-order valence-corrected chi connectivity index (χ1v) is 17.5. The molecular formula is C35H67NO4. The molecule has 3 unspecified atom stereocenters. The van der Waals surface area contributed by atoms with Gasteiger partial charge in [-0.15, -0.1) is 0 Å². The van der Waals surface area contributed by atoms with E-state index >= 15 is 0 Å². The summed E-state index contributed by atoms with van der Waals surface area (Å²) >= 11 is 0. The maximum absolute atomic E-state index is 12.3. The zero-order chi connectivity index (χ0) is 29.3. The number of carbonyl (C=O) groups excluding carboxylic acids is 1. The quantitative estimate of drug-likeness (QED) is 0.0693. The van der Waals surface area contributed by atoms with Crippen LogP contribution in [0.2, 0.25) is 0 Å². The molecule has 1 N–H and O–H groups in total. The van der Waals surface area contributed by atoms with E-state index in [0.29, 0.717) is 12.8 Å². The molecule has 1 aliphatic carbocycles. The van der Waals surface area contributed by atoms with Gasteiger partial charge < -0.3 is 14.7 Å². The number of hydrogen-bond donors (Lipinski definition) is 1. The number of aliphatic carboxylic acids is 1. The van der Waals surface area contributed by atoms with Crippen LogP contribution in [0.3, 0.4) is 0 Å². The van der Waals surface area contributed by atoms with Gasteiger partial charge in [-0.3, -0.25) is 9.59 Å². The number of unbranched alkanes of at least 4 members (excludes halogenated alkanes) is 15. The number of carboxylic acids is 1. The highest BCUT2D eigenvalue weighted by Gasteiger charge is 2.35. The Morgan fingerprint density at radius 2 is 1.15 bits per heavy atom. The fourth-order valence-electron chi connectivity index (χ4n) is 6.09. The van der Waals surface area contributed by atoms with E-state index in [1.807, 2.05) is 0 Å². The minimum atomic E-state index is -0.657. The SMILES string of the molecule is CCCCCCCC(CCCCCCCCCCC1CC1CCCCCCCC(=O)O)OC(=O)CCCN(C)C. The normalized spacial score (nSPS) is 17.3. The van der Waals surface area contributed by atoms with Crippen LogP contribution in [-0.4, -0.2) is 48.7 Å². The second kappa shape index (κ2) is 25.6. The molecule has 3 atom stereocenters. The van der Waals surface area contributed by atoms with E-state index in [0.717, 1.165) is 50.5 Å². The summed E-state index contributed by atoms with van der Waals surface area (Å²) in [6.07, 6.45) is 31.1. The van der Waals surface area contributed by atoms with Crippen molar-refractivity contribution in [3.63, 3.8) is 0 Å². The first-order chi connectivity index (χ1) is 19.4. The van der Waals surface area contributed by atoms with Crippen LogP contribution in [0.15, 0.2) is 0 Å². The molecule has 1 rings (SSSR count). The summed E-state index contributed by atoms with van der Waals surface area (Å²) in [7, 11) is 4.10. The van der Waals surface area contributed by atoms with Crippen LogP contribution in [0.5, 0.6) is 0 Å². The number of carboxylic acid groups (broad SMARTS) is 1. The lowest BCUT2D eigenvalue weighted by molar-refractivity contribution is -0.150. The summed E-state index contributed by atoms with van der Waals surface area (Å²) in [5.41, 5.74) is 0. The van der Waals surface area contributed by atoms with Crippen molar-refractivity contribution in [2.75, 3.05) is 20.6 Å². The number of nitrogens with zero attached hydrogens (tertiary/aromatic N) is 1. The van der Waals surface area contributed by atoms with E-state index in [-0.39, 0.29) is 12.1 Å². The van der Waals surface area contributed by atoms with Crippen molar-refractivity contribution < 1.29 is 19.4 Å². The Bertz CT molecular complexity index is 608. The Balaban J connectivity index is 1.98. The van der Waals surface area contributed by atoms with Crippen LogP contribution < -0.4 is 0 Å². The summed E-state index contributed by atoms with van der Waals surface area (Å²) in [6.45, 7) is 3.20. The van der Waals surface area contributed by atoms with Gasteiger partial charge in [0.1, 0.15) is 6.10 Å². The van der Waals surface area contributed by atoms with Gasteiger partial charge in [-0.05, 0) is 77.4 Å². The second-order valence-corrected chi connectivity index (χ2v) is 13.1. The lowest BCUT2D eigenvalue weighted by Gasteiger charge is -2.18. The van der Waals surface area contributed by atoms with Crippen LogP contribution in [0.1, 0.15) is 174 Å². The average molecular weight is 566 g/mol. The molecule has 0 amide bonds. The summed E-state index contributed by atoms with van der Waals surface area (Å²) in [5.74, 6) is 1.35. The molecule has 40 heavy (non-hydrogen) atoms. The Kier molecular flexibility index (Phi) is 23.6. The van der Waals surface area contributed by atoms with Gasteiger partial charge >= 0.3 is 11.9 Å². The van der Waals surface area contributed by atoms with E-state index < -0.39 is 5.97 Å². The van der Waals surface area contributed by atoms with E-state index in [4.69, 9.17) is 9.84 Å². The monoisotopic (exact) mass is 566 g/mol. The minimum Gasteiger partial charge on any atom is -0.481 e. The predicted molar refractivity (Wildman–Crippen MR) is 169 cm³/mol. The van der Waals surface area contributed by atoms with Gasteiger partial charge in [0.2, 0.25) is 0 Å². The molecule has 0 aromatic rings. The summed E-state index contributed by atoms with van der Waals surface area (Å²) in [5, 5.41) is 8.68. The fourth-order valence-corrected chi connectivity index (χ4v) is 6.09. The van der Waals surface area contributed by atoms with Crippen LogP contribution in [0.25, 0.3) is 0 Å². The zero-order valence-electron chi connectivity index (χ0n) is 26.9. The van der Waals surface area contributed by atoms with Gasteiger partial charge in [0.05, 0.1) is 0 Å². The van der Waals surface area contributed by atoms with Crippen molar-refractivity contribution in [2.45, 2.75) is 180 Å². The third-order valence-electron chi connectivity index (χ3n) is 8.80. The van der Waals surface area contributed by atoms with Crippen LogP contribution in [0, 0.1) is 11.8 Å². The van der Waals surface area contributed by atoms with Gasteiger partial charge in [0.25, 0.3) is 0 Å². The molecule has 0 heterocycles. The standard InChI is InChI=1S/C35H67NO4/c1-4-5-6-12-19-25-33(40-35(39)28-22-29-36(2)3)26-20-15-10-8-7-9-13-17-23-31-30-32(31)24-18-14-11-16-21-27-34(37)38/h31-33H,4-30H2,1-3H3,(H,37,38). The van der Waals surface area contributed by atoms with Gasteiger partial charge in [-0.1, -0.05) is 116 Å². The first kappa shape index (κ1) is 36.9. The molecule has 0 aromatic heterocycles. The van der Waals surface area contributed by atoms with Crippen molar-refractivity contribution in [3.8, 4) is 0 Å². The molecule has 1 saturated carbocycles. The number of ether oxygens (including phenoxy) is 1. The molecule has 0 radical (unpaired) electrons. The first-order valence-electron chi connectivity index (χ1n) is 17.5. The van der Waals surface area contributed by atoms with Gasteiger partial charge in [0.15, 0.2) is 0 Å². The largest absolute Gasteiger partial charge is 0.481 e. The third kappa shape index (κ3) is 23.6. The summed E-state index contributed by atoms with van der Waals surface area (Å²) in [4.78, 5) is 25.0. The zero-order valence-corrected chi connectivity index (χ0v) is 26.9. The van der Waals surface area contributed by atoms with Gasteiger partial charge in [-0.2, -0.15) is 0 Å². The van der Waals surface area contributed by atoms with Crippen molar-refractivity contribution in [1.29, 1.82) is 0 Å². The van der Waals surface area contributed by atoms with E-state index in [1.54, 1.807) is 0 Å². The van der Waals surface area contributed by atoms with Crippen molar-refractivity contribution in [1.82, 2.24) is 4.90 Å². The highest BCUT2D eigenvalue weighted by Crippen LogP contribution is 2.45. The number of carbonyl (C=O) groups is 2. The smallest absolute Gasteiger partial charge is 0.306 e. The number of hydrogen-bond acceptors (Lipinski definition) is 4. The Morgan fingerprint density at radius 3 is 1.65 bits per heavy atom. The van der Waals surface area contributed by atoms with Crippen LogP contribution >= 0.6 is 0 Å². The number of esters is 1. The van der Waals surface area contributed by atoms with E-state index in [2.05, 4.69) is 25.9 Å². The maximum Gasteiger partial charge on any atom is 0.306 e. The minimum absolute atomic E-state index is 0.00268. The Morgan fingerprint density at radius 1 is 0.675 bits per heavy atom. The molecule has 1 fully saturated rings. The predicted octanol–water partition coefficient (Wildman–Crippen LogP) is 9.95. The molecule has 0 bridgehead atoms. The molecule has 0 aliphatic heterocycles. The van der Waals surface area contributed by atoms with Crippen LogP contribution in [0.4, 0.5) is 0 Å². The number of rotatable bonds is 30. The molecular weight excluding hydrogens is 498 g/mol. The molecule has 0 saturated heterocycles. The lowest BCUT2D eigenvalue weighted by Crippen LogP contribution is -2.20. The third-order valence-corrected chi connectivity index (χ3v) is 8.80.